The molecule has 6 nitrogen and oxygen atoms in total. The number of hydrogen-bond donors (Lipinski definition) is 0. The first-order chi connectivity index (χ1) is 12.7. The molecule has 1 spiro atoms. The summed E-state index contributed by atoms with van der Waals surface area (Å²) in [5, 5.41) is 1.23. The van der Waals surface area contributed by atoms with Crippen LogP contribution in [0.4, 0.5) is 5.82 Å². The summed E-state index contributed by atoms with van der Waals surface area (Å²) in [7, 11) is 0. The Morgan fingerprint density at radius 2 is 1.96 bits per heavy atom. The summed E-state index contributed by atoms with van der Waals surface area (Å²) in [4.78, 5) is 24.8. The van der Waals surface area contributed by atoms with Crippen LogP contribution >= 0.6 is 11.3 Å². The molecule has 0 aromatic carbocycles. The van der Waals surface area contributed by atoms with Crippen molar-refractivity contribution in [2.75, 3.05) is 31.1 Å². The minimum absolute atomic E-state index is 0.413. The molecule has 0 amide bonds. The van der Waals surface area contributed by atoms with E-state index in [1.165, 1.54) is 22.2 Å². The van der Waals surface area contributed by atoms with Crippen LogP contribution in [0.1, 0.15) is 23.8 Å². The van der Waals surface area contributed by atoms with Crippen molar-refractivity contribution in [3.8, 4) is 0 Å². The largest absolute Gasteiger partial charge is 0.355 e. The van der Waals surface area contributed by atoms with Gasteiger partial charge in [0, 0.05) is 61.0 Å². The van der Waals surface area contributed by atoms with Gasteiger partial charge in [0.1, 0.15) is 23.3 Å². The highest BCUT2D eigenvalue weighted by molar-refractivity contribution is 7.18. The Balaban J connectivity index is 1.29. The van der Waals surface area contributed by atoms with Crippen molar-refractivity contribution in [2.45, 2.75) is 26.3 Å². The zero-order valence-electron chi connectivity index (χ0n) is 14.9. The summed E-state index contributed by atoms with van der Waals surface area (Å²) >= 11 is 1.79. The van der Waals surface area contributed by atoms with E-state index >= 15 is 0 Å². The standard InChI is InChI=1S/C19H22N6S/c1-2-15-5-16-17(22-13-23-18(16)26-15)25-4-3-19(11-25)9-24(10-19)8-14-6-20-12-21-7-14/h5-7,12-13H,2-4,8-11H2,1H3. The van der Waals surface area contributed by atoms with Crippen LogP contribution in [0.3, 0.4) is 0 Å². The molecule has 2 saturated heterocycles. The van der Waals surface area contributed by atoms with Crippen molar-refractivity contribution >= 4 is 27.4 Å². The van der Waals surface area contributed by atoms with E-state index in [0.717, 1.165) is 49.8 Å². The Bertz CT molecular complexity index is 918. The van der Waals surface area contributed by atoms with Crippen LogP contribution in [0.15, 0.2) is 31.1 Å². The first-order valence-electron chi connectivity index (χ1n) is 9.19. The average Bonchev–Trinajstić information content (AvgIpc) is 3.26. The Kier molecular flexibility index (Phi) is 3.86. The second kappa shape index (κ2) is 6.25. The van der Waals surface area contributed by atoms with Crippen LogP contribution < -0.4 is 4.90 Å². The van der Waals surface area contributed by atoms with E-state index in [1.54, 1.807) is 24.0 Å². The van der Waals surface area contributed by atoms with E-state index in [-0.39, 0.29) is 0 Å². The molecule has 26 heavy (non-hydrogen) atoms. The molecule has 2 aliphatic heterocycles. The van der Waals surface area contributed by atoms with Crippen molar-refractivity contribution in [3.63, 3.8) is 0 Å². The van der Waals surface area contributed by atoms with E-state index in [2.05, 4.69) is 42.7 Å². The molecule has 3 aromatic rings. The van der Waals surface area contributed by atoms with E-state index in [9.17, 15) is 0 Å². The lowest BCUT2D eigenvalue weighted by Crippen LogP contribution is -2.56. The fraction of sp³-hybridized carbons (Fsp3) is 0.474. The van der Waals surface area contributed by atoms with Gasteiger partial charge in [-0.1, -0.05) is 6.92 Å². The first kappa shape index (κ1) is 16.1. The van der Waals surface area contributed by atoms with Crippen LogP contribution in [0, 0.1) is 5.41 Å². The third kappa shape index (κ3) is 2.75. The number of aryl methyl sites for hydroxylation is 1. The SMILES string of the molecule is CCc1cc2c(N3CCC4(CN(Cc5cncnc5)C4)C3)ncnc2s1. The topological polar surface area (TPSA) is 58.0 Å². The zero-order chi connectivity index (χ0) is 17.6. The Hall–Kier alpha value is -2.12. The summed E-state index contributed by atoms with van der Waals surface area (Å²) in [6.07, 6.45) is 9.44. The molecule has 7 heteroatoms. The average molecular weight is 366 g/mol. The molecular weight excluding hydrogens is 344 g/mol. The molecule has 0 bridgehead atoms. The number of fused-ring (bicyclic) bond motifs is 1. The van der Waals surface area contributed by atoms with Crippen molar-refractivity contribution in [3.05, 3.63) is 41.6 Å². The van der Waals surface area contributed by atoms with Crippen molar-refractivity contribution < 1.29 is 0 Å². The molecule has 134 valence electrons. The van der Waals surface area contributed by atoms with Gasteiger partial charge < -0.3 is 4.90 Å². The van der Waals surface area contributed by atoms with Crippen molar-refractivity contribution in [1.29, 1.82) is 0 Å². The maximum absolute atomic E-state index is 4.64. The van der Waals surface area contributed by atoms with E-state index in [4.69, 9.17) is 0 Å². The Labute approximate surface area is 156 Å². The maximum Gasteiger partial charge on any atom is 0.140 e. The van der Waals surface area contributed by atoms with Gasteiger partial charge in [-0.3, -0.25) is 4.90 Å². The number of rotatable bonds is 4. The summed E-state index contributed by atoms with van der Waals surface area (Å²) in [6.45, 7) is 7.63. The maximum atomic E-state index is 4.64. The Morgan fingerprint density at radius 1 is 1.12 bits per heavy atom. The molecule has 0 unspecified atom stereocenters. The lowest BCUT2D eigenvalue weighted by Gasteiger charge is -2.48. The normalized spacial score (nSPS) is 19.3. The van der Waals surface area contributed by atoms with Crippen LogP contribution in [0.25, 0.3) is 10.2 Å². The molecule has 3 aromatic heterocycles. The summed E-state index contributed by atoms with van der Waals surface area (Å²) < 4.78 is 0. The predicted octanol–water partition coefficient (Wildman–Crippen LogP) is 2.76. The molecule has 0 saturated carbocycles. The van der Waals surface area contributed by atoms with Gasteiger partial charge in [0.2, 0.25) is 0 Å². The van der Waals surface area contributed by atoms with Gasteiger partial charge in [-0.2, -0.15) is 0 Å². The number of thiophene rings is 1. The number of hydrogen-bond acceptors (Lipinski definition) is 7. The first-order valence-corrected chi connectivity index (χ1v) is 10.0. The third-order valence-electron chi connectivity index (χ3n) is 5.58. The number of likely N-dealkylation sites (tertiary alicyclic amines) is 1. The lowest BCUT2D eigenvalue weighted by atomic mass is 9.79. The highest BCUT2D eigenvalue weighted by Crippen LogP contribution is 2.43. The molecule has 0 radical (unpaired) electrons. The second-order valence-electron chi connectivity index (χ2n) is 7.55. The number of aromatic nitrogens is 4. The van der Waals surface area contributed by atoms with Crippen LogP contribution in [0.5, 0.6) is 0 Å². The molecule has 2 aliphatic rings. The van der Waals surface area contributed by atoms with E-state index in [0.29, 0.717) is 5.41 Å². The highest BCUT2D eigenvalue weighted by atomic mass is 32.1. The smallest absolute Gasteiger partial charge is 0.140 e. The van der Waals surface area contributed by atoms with E-state index in [1.807, 2.05) is 12.4 Å². The van der Waals surface area contributed by atoms with Crippen LogP contribution in [0.2, 0.25) is 0 Å². The van der Waals surface area contributed by atoms with Gasteiger partial charge in [0.25, 0.3) is 0 Å². The van der Waals surface area contributed by atoms with Crippen molar-refractivity contribution in [2.24, 2.45) is 5.41 Å². The molecule has 0 atom stereocenters. The quantitative estimate of drug-likeness (QED) is 0.708. The fourth-order valence-electron chi connectivity index (χ4n) is 4.38. The van der Waals surface area contributed by atoms with Crippen LogP contribution in [-0.2, 0) is 13.0 Å². The van der Waals surface area contributed by atoms with Crippen LogP contribution in [-0.4, -0.2) is 51.0 Å². The fourth-order valence-corrected chi connectivity index (χ4v) is 5.31. The molecule has 0 aliphatic carbocycles. The Morgan fingerprint density at radius 3 is 2.77 bits per heavy atom. The highest BCUT2D eigenvalue weighted by Gasteiger charge is 2.47. The number of nitrogens with zero attached hydrogens (tertiary/aromatic N) is 6. The van der Waals surface area contributed by atoms with Gasteiger partial charge in [-0.15, -0.1) is 11.3 Å². The molecule has 5 rings (SSSR count). The number of anilines is 1. The van der Waals surface area contributed by atoms with Crippen molar-refractivity contribution in [1.82, 2.24) is 24.8 Å². The third-order valence-corrected chi connectivity index (χ3v) is 6.77. The van der Waals surface area contributed by atoms with Gasteiger partial charge >= 0.3 is 0 Å². The van der Waals surface area contributed by atoms with Gasteiger partial charge in [0.05, 0.1) is 5.39 Å². The van der Waals surface area contributed by atoms with Gasteiger partial charge in [-0.25, -0.2) is 19.9 Å². The molecule has 5 heterocycles. The molecule has 0 N–H and O–H groups in total. The second-order valence-corrected chi connectivity index (χ2v) is 8.66. The van der Waals surface area contributed by atoms with Gasteiger partial charge in [0.15, 0.2) is 0 Å². The lowest BCUT2D eigenvalue weighted by molar-refractivity contribution is 0.0115. The molecular formula is C19H22N6S. The summed E-state index contributed by atoms with van der Waals surface area (Å²) in [5.41, 5.74) is 1.61. The minimum atomic E-state index is 0.413. The minimum Gasteiger partial charge on any atom is -0.355 e. The zero-order valence-corrected chi connectivity index (χ0v) is 15.7. The monoisotopic (exact) mass is 366 g/mol. The summed E-state index contributed by atoms with van der Waals surface area (Å²) in [6, 6.07) is 2.28. The van der Waals surface area contributed by atoms with Gasteiger partial charge in [-0.05, 0) is 18.9 Å². The predicted molar refractivity (Wildman–Crippen MR) is 103 cm³/mol. The van der Waals surface area contributed by atoms with E-state index < -0.39 is 0 Å². The molecule has 2 fully saturated rings. The summed E-state index contributed by atoms with van der Waals surface area (Å²) in [5.74, 6) is 1.12.